The van der Waals surface area contributed by atoms with E-state index in [1.54, 1.807) is 0 Å². The zero-order valence-electron chi connectivity index (χ0n) is 16.2. The lowest BCUT2D eigenvalue weighted by atomic mass is 9.85. The summed E-state index contributed by atoms with van der Waals surface area (Å²) in [5.74, 6) is 1.03. The number of hydrogen-bond donors (Lipinski definition) is 3. The van der Waals surface area contributed by atoms with Crippen LogP contribution in [0.1, 0.15) is 63.4 Å². The summed E-state index contributed by atoms with van der Waals surface area (Å²) >= 11 is 0. The number of hydrogen-bond acceptors (Lipinski definition) is 3. The maximum absolute atomic E-state index is 12.4. The van der Waals surface area contributed by atoms with Crippen LogP contribution in [0.4, 0.5) is 5.69 Å². The van der Waals surface area contributed by atoms with Crippen LogP contribution in [-0.4, -0.2) is 24.4 Å². The van der Waals surface area contributed by atoms with Gasteiger partial charge in [0.2, 0.25) is 11.8 Å². The van der Waals surface area contributed by atoms with Crippen LogP contribution in [0.5, 0.6) is 0 Å². The monoisotopic (exact) mass is 371 g/mol. The summed E-state index contributed by atoms with van der Waals surface area (Å²) in [6, 6.07) is 8.03. The van der Waals surface area contributed by atoms with Crippen LogP contribution in [0, 0.1) is 11.8 Å². The molecule has 0 radical (unpaired) electrons. The zero-order valence-corrected chi connectivity index (χ0v) is 16.2. The van der Waals surface area contributed by atoms with Crippen molar-refractivity contribution in [2.24, 2.45) is 11.8 Å². The molecule has 4 N–H and O–H groups in total. The van der Waals surface area contributed by atoms with Crippen molar-refractivity contribution in [2.45, 2.75) is 70.3 Å². The van der Waals surface area contributed by atoms with E-state index in [1.165, 1.54) is 31.2 Å². The fraction of sp³-hybridized carbons (Fsp3) is 0.636. The smallest absolute Gasteiger partial charge is 0.223 e. The van der Waals surface area contributed by atoms with Crippen molar-refractivity contribution in [1.82, 2.24) is 10.6 Å². The first-order valence-corrected chi connectivity index (χ1v) is 10.5. The Morgan fingerprint density at radius 2 is 1.63 bits per heavy atom. The number of anilines is 1. The Labute approximate surface area is 162 Å². The molecule has 2 aliphatic carbocycles. The summed E-state index contributed by atoms with van der Waals surface area (Å²) < 4.78 is 0. The van der Waals surface area contributed by atoms with Crippen LogP contribution in [0.3, 0.4) is 0 Å². The molecule has 3 rings (SSSR count). The van der Waals surface area contributed by atoms with Crippen molar-refractivity contribution in [3.8, 4) is 0 Å². The Morgan fingerprint density at radius 1 is 0.963 bits per heavy atom. The lowest BCUT2D eigenvalue weighted by molar-refractivity contribution is -0.126. The Hall–Kier alpha value is -2.04. The van der Waals surface area contributed by atoms with E-state index in [-0.39, 0.29) is 23.8 Å². The van der Waals surface area contributed by atoms with E-state index in [0.717, 1.165) is 37.8 Å². The third kappa shape index (κ3) is 6.26. The molecule has 2 fully saturated rings. The first-order chi connectivity index (χ1) is 13.1. The highest BCUT2D eigenvalue weighted by molar-refractivity contribution is 5.79. The molecule has 2 saturated carbocycles. The van der Waals surface area contributed by atoms with Crippen LogP contribution < -0.4 is 16.4 Å². The van der Waals surface area contributed by atoms with E-state index in [2.05, 4.69) is 10.6 Å². The average Bonchev–Trinajstić information content (AvgIpc) is 3.16. The van der Waals surface area contributed by atoms with Crippen molar-refractivity contribution in [3.63, 3.8) is 0 Å². The molecular formula is C22H33N3O2. The van der Waals surface area contributed by atoms with Gasteiger partial charge in [-0.1, -0.05) is 25.0 Å². The van der Waals surface area contributed by atoms with E-state index in [4.69, 9.17) is 5.73 Å². The standard InChI is InChI=1S/C22H33N3O2/c23-19-9-5-16(6-10-19)13-14-24-22(27)18-7-11-20(12-8-18)25-21(26)15-17-3-1-2-4-17/h5-6,9-10,17-18,20H,1-4,7-8,11-15,23H2,(H,24,27)(H,25,26). The molecule has 0 aromatic heterocycles. The van der Waals surface area contributed by atoms with Crippen molar-refractivity contribution in [2.75, 3.05) is 12.3 Å². The van der Waals surface area contributed by atoms with Gasteiger partial charge in [-0.05, 0) is 68.6 Å². The summed E-state index contributed by atoms with van der Waals surface area (Å²) in [5, 5.41) is 6.26. The van der Waals surface area contributed by atoms with Gasteiger partial charge < -0.3 is 16.4 Å². The SMILES string of the molecule is Nc1ccc(CCNC(=O)C2CCC(NC(=O)CC3CCCC3)CC2)cc1. The van der Waals surface area contributed by atoms with Gasteiger partial charge in [-0.3, -0.25) is 9.59 Å². The van der Waals surface area contributed by atoms with Crippen molar-refractivity contribution >= 4 is 17.5 Å². The molecule has 5 heteroatoms. The predicted octanol–water partition coefficient (Wildman–Crippen LogP) is 3.18. The van der Waals surface area contributed by atoms with Gasteiger partial charge in [0.05, 0.1) is 0 Å². The average molecular weight is 372 g/mol. The summed E-state index contributed by atoms with van der Waals surface area (Å²) in [5.41, 5.74) is 7.62. The summed E-state index contributed by atoms with van der Waals surface area (Å²) in [4.78, 5) is 24.6. The number of nitrogens with one attached hydrogen (secondary N) is 2. The molecule has 0 spiro atoms. The summed E-state index contributed by atoms with van der Waals surface area (Å²) in [6.07, 6.45) is 10.0. The zero-order chi connectivity index (χ0) is 19.1. The molecule has 0 saturated heterocycles. The third-order valence-corrected chi connectivity index (χ3v) is 6.10. The number of carbonyl (C=O) groups excluding carboxylic acids is 2. The van der Waals surface area contributed by atoms with Gasteiger partial charge in [0.25, 0.3) is 0 Å². The van der Waals surface area contributed by atoms with Gasteiger partial charge in [-0.25, -0.2) is 0 Å². The van der Waals surface area contributed by atoms with Crippen molar-refractivity contribution < 1.29 is 9.59 Å². The largest absolute Gasteiger partial charge is 0.399 e. The van der Waals surface area contributed by atoms with E-state index in [9.17, 15) is 9.59 Å². The van der Waals surface area contributed by atoms with E-state index >= 15 is 0 Å². The molecule has 0 heterocycles. The first-order valence-electron chi connectivity index (χ1n) is 10.5. The molecule has 2 aliphatic rings. The molecule has 1 aromatic rings. The van der Waals surface area contributed by atoms with Gasteiger partial charge >= 0.3 is 0 Å². The molecule has 27 heavy (non-hydrogen) atoms. The predicted molar refractivity (Wildman–Crippen MR) is 108 cm³/mol. The van der Waals surface area contributed by atoms with Crippen LogP contribution in [0.25, 0.3) is 0 Å². The van der Waals surface area contributed by atoms with E-state index < -0.39 is 0 Å². The fourth-order valence-corrected chi connectivity index (χ4v) is 4.42. The highest BCUT2D eigenvalue weighted by Crippen LogP contribution is 2.28. The maximum atomic E-state index is 12.4. The second-order valence-corrected chi connectivity index (χ2v) is 8.25. The first kappa shape index (κ1) is 19.7. The number of benzene rings is 1. The Kier molecular flexibility index (Phi) is 7.13. The van der Waals surface area contributed by atoms with Crippen LogP contribution in [0.2, 0.25) is 0 Å². The number of nitrogen functional groups attached to an aromatic ring is 1. The number of amides is 2. The Morgan fingerprint density at radius 3 is 2.30 bits per heavy atom. The highest BCUT2D eigenvalue weighted by Gasteiger charge is 2.27. The van der Waals surface area contributed by atoms with Crippen LogP contribution in [0.15, 0.2) is 24.3 Å². The van der Waals surface area contributed by atoms with Crippen LogP contribution in [-0.2, 0) is 16.0 Å². The molecule has 0 unspecified atom stereocenters. The van der Waals surface area contributed by atoms with Crippen LogP contribution >= 0.6 is 0 Å². The van der Waals surface area contributed by atoms with Crippen molar-refractivity contribution in [3.05, 3.63) is 29.8 Å². The second kappa shape index (κ2) is 9.77. The molecule has 1 aromatic carbocycles. The van der Waals surface area contributed by atoms with Gasteiger partial charge in [0.1, 0.15) is 0 Å². The van der Waals surface area contributed by atoms with Gasteiger partial charge in [-0.15, -0.1) is 0 Å². The molecular weight excluding hydrogens is 338 g/mol. The van der Waals surface area contributed by atoms with E-state index in [0.29, 0.717) is 18.9 Å². The quantitative estimate of drug-likeness (QED) is 0.644. The highest BCUT2D eigenvalue weighted by atomic mass is 16.2. The molecule has 148 valence electrons. The lowest BCUT2D eigenvalue weighted by Crippen LogP contribution is -2.41. The lowest BCUT2D eigenvalue weighted by Gasteiger charge is -2.28. The number of carbonyl (C=O) groups is 2. The molecule has 5 nitrogen and oxygen atoms in total. The second-order valence-electron chi connectivity index (χ2n) is 8.25. The fourth-order valence-electron chi connectivity index (χ4n) is 4.42. The molecule has 0 atom stereocenters. The van der Waals surface area contributed by atoms with Gasteiger partial charge in [0.15, 0.2) is 0 Å². The van der Waals surface area contributed by atoms with E-state index in [1.807, 2.05) is 24.3 Å². The topological polar surface area (TPSA) is 84.2 Å². The molecule has 0 aliphatic heterocycles. The molecule has 2 amide bonds. The minimum Gasteiger partial charge on any atom is -0.399 e. The molecule has 0 bridgehead atoms. The Bertz CT molecular complexity index is 615. The normalized spacial score (nSPS) is 23.1. The van der Waals surface area contributed by atoms with Gasteiger partial charge in [-0.2, -0.15) is 0 Å². The summed E-state index contributed by atoms with van der Waals surface area (Å²) in [7, 11) is 0. The van der Waals surface area contributed by atoms with Crippen molar-refractivity contribution in [1.29, 1.82) is 0 Å². The minimum atomic E-state index is 0.0828. The number of rotatable bonds is 7. The maximum Gasteiger partial charge on any atom is 0.223 e. The van der Waals surface area contributed by atoms with Gasteiger partial charge in [0, 0.05) is 30.6 Å². The summed E-state index contributed by atoms with van der Waals surface area (Å²) in [6.45, 7) is 0.654. The minimum absolute atomic E-state index is 0.0828. The third-order valence-electron chi connectivity index (χ3n) is 6.10. The Balaban J connectivity index is 1.31. The number of nitrogens with two attached hydrogens (primary N) is 1.